The SMILES string of the molecule is O=C(Nc1cccc2ccccc12)c1ccc(Oc2nccs2)cc1. The largest absolute Gasteiger partial charge is 0.431 e. The number of thiazole rings is 1. The number of ether oxygens (including phenoxy) is 1. The summed E-state index contributed by atoms with van der Waals surface area (Å²) in [6.07, 6.45) is 1.69. The molecule has 1 amide bonds. The monoisotopic (exact) mass is 346 g/mol. The van der Waals surface area contributed by atoms with Crippen molar-refractivity contribution < 1.29 is 9.53 Å². The van der Waals surface area contributed by atoms with Crippen LogP contribution >= 0.6 is 11.3 Å². The lowest BCUT2D eigenvalue weighted by Gasteiger charge is -2.09. The van der Waals surface area contributed by atoms with Gasteiger partial charge in [0.25, 0.3) is 11.1 Å². The number of rotatable bonds is 4. The number of benzene rings is 3. The second-order valence-electron chi connectivity index (χ2n) is 5.41. The van der Waals surface area contributed by atoms with E-state index in [1.165, 1.54) is 11.3 Å². The van der Waals surface area contributed by atoms with E-state index in [-0.39, 0.29) is 5.91 Å². The summed E-state index contributed by atoms with van der Waals surface area (Å²) in [6, 6.07) is 20.8. The molecule has 4 nitrogen and oxygen atoms in total. The topological polar surface area (TPSA) is 51.2 Å². The van der Waals surface area contributed by atoms with Crippen molar-refractivity contribution in [2.45, 2.75) is 0 Å². The fraction of sp³-hybridized carbons (Fsp3) is 0. The molecule has 0 aliphatic heterocycles. The van der Waals surface area contributed by atoms with E-state index in [9.17, 15) is 4.79 Å². The van der Waals surface area contributed by atoms with Crippen LogP contribution in [0.2, 0.25) is 0 Å². The Morgan fingerprint density at radius 2 is 1.76 bits per heavy atom. The van der Waals surface area contributed by atoms with E-state index in [0.29, 0.717) is 16.5 Å². The van der Waals surface area contributed by atoms with Gasteiger partial charge in [0, 0.05) is 28.2 Å². The van der Waals surface area contributed by atoms with Crippen LogP contribution < -0.4 is 10.1 Å². The van der Waals surface area contributed by atoms with Gasteiger partial charge in [0.1, 0.15) is 5.75 Å². The molecular formula is C20H14N2O2S. The quantitative estimate of drug-likeness (QED) is 0.542. The van der Waals surface area contributed by atoms with Crippen LogP contribution in [0.1, 0.15) is 10.4 Å². The number of nitrogens with one attached hydrogen (secondary N) is 1. The maximum atomic E-state index is 12.5. The van der Waals surface area contributed by atoms with Gasteiger partial charge in [-0.2, -0.15) is 0 Å². The van der Waals surface area contributed by atoms with Gasteiger partial charge >= 0.3 is 0 Å². The van der Waals surface area contributed by atoms with E-state index >= 15 is 0 Å². The van der Waals surface area contributed by atoms with Crippen molar-refractivity contribution in [2.75, 3.05) is 5.32 Å². The van der Waals surface area contributed by atoms with Crippen molar-refractivity contribution in [3.8, 4) is 10.9 Å². The zero-order chi connectivity index (χ0) is 17.1. The summed E-state index contributed by atoms with van der Waals surface area (Å²) in [5.74, 6) is 0.494. The highest BCUT2D eigenvalue weighted by Crippen LogP contribution is 2.25. The first-order valence-electron chi connectivity index (χ1n) is 7.76. The number of hydrogen-bond acceptors (Lipinski definition) is 4. The number of amides is 1. The lowest BCUT2D eigenvalue weighted by atomic mass is 10.1. The fourth-order valence-corrected chi connectivity index (χ4v) is 3.07. The Morgan fingerprint density at radius 3 is 2.56 bits per heavy atom. The Hall–Kier alpha value is -3.18. The van der Waals surface area contributed by atoms with Crippen LogP contribution in [-0.4, -0.2) is 10.9 Å². The average Bonchev–Trinajstić information content (AvgIpc) is 3.16. The molecule has 3 aromatic carbocycles. The van der Waals surface area contributed by atoms with Gasteiger partial charge in [-0.05, 0) is 35.7 Å². The van der Waals surface area contributed by atoms with Crippen LogP contribution in [-0.2, 0) is 0 Å². The Morgan fingerprint density at radius 1 is 0.960 bits per heavy atom. The average molecular weight is 346 g/mol. The molecule has 0 fully saturated rings. The minimum atomic E-state index is -0.155. The number of hydrogen-bond donors (Lipinski definition) is 1. The van der Waals surface area contributed by atoms with Gasteiger partial charge in [-0.15, -0.1) is 0 Å². The first-order chi connectivity index (χ1) is 12.3. The van der Waals surface area contributed by atoms with Crippen LogP contribution in [0.4, 0.5) is 5.69 Å². The van der Waals surface area contributed by atoms with E-state index in [4.69, 9.17) is 4.74 Å². The summed E-state index contributed by atoms with van der Waals surface area (Å²) in [5, 5.41) is 7.51. The van der Waals surface area contributed by atoms with Crippen LogP contribution in [0.25, 0.3) is 10.8 Å². The third kappa shape index (κ3) is 3.36. The first kappa shape index (κ1) is 15.4. The number of nitrogens with zero attached hydrogens (tertiary/aromatic N) is 1. The molecule has 0 radical (unpaired) electrons. The van der Waals surface area contributed by atoms with Crippen molar-refractivity contribution in [1.82, 2.24) is 4.98 Å². The minimum absolute atomic E-state index is 0.155. The lowest BCUT2D eigenvalue weighted by Crippen LogP contribution is -2.11. The zero-order valence-corrected chi connectivity index (χ0v) is 14.0. The molecule has 0 aliphatic rings. The maximum Gasteiger partial charge on any atom is 0.278 e. The molecule has 0 saturated carbocycles. The van der Waals surface area contributed by atoms with Crippen molar-refractivity contribution in [2.24, 2.45) is 0 Å². The lowest BCUT2D eigenvalue weighted by molar-refractivity contribution is 0.102. The van der Waals surface area contributed by atoms with E-state index in [1.54, 1.807) is 30.5 Å². The van der Waals surface area contributed by atoms with Crippen molar-refractivity contribution in [3.63, 3.8) is 0 Å². The summed E-state index contributed by atoms with van der Waals surface area (Å²) in [4.78, 5) is 16.6. The molecule has 0 saturated heterocycles. The zero-order valence-electron chi connectivity index (χ0n) is 13.2. The molecule has 0 unspecified atom stereocenters. The van der Waals surface area contributed by atoms with Gasteiger partial charge in [-0.1, -0.05) is 47.7 Å². The second kappa shape index (κ2) is 6.75. The predicted octanol–water partition coefficient (Wildman–Crippen LogP) is 5.34. The highest BCUT2D eigenvalue weighted by atomic mass is 32.1. The molecule has 122 valence electrons. The highest BCUT2D eigenvalue weighted by molar-refractivity contribution is 7.11. The smallest absolute Gasteiger partial charge is 0.278 e. The van der Waals surface area contributed by atoms with Gasteiger partial charge in [0.15, 0.2) is 0 Å². The summed E-state index contributed by atoms with van der Waals surface area (Å²) in [5.41, 5.74) is 1.37. The summed E-state index contributed by atoms with van der Waals surface area (Å²) >= 11 is 1.42. The van der Waals surface area contributed by atoms with Gasteiger partial charge < -0.3 is 10.1 Å². The molecule has 25 heavy (non-hydrogen) atoms. The van der Waals surface area contributed by atoms with Crippen LogP contribution in [0.15, 0.2) is 78.3 Å². The highest BCUT2D eigenvalue weighted by Gasteiger charge is 2.09. The van der Waals surface area contributed by atoms with E-state index in [1.807, 2.05) is 47.8 Å². The van der Waals surface area contributed by atoms with Gasteiger partial charge in [-0.3, -0.25) is 4.79 Å². The minimum Gasteiger partial charge on any atom is -0.431 e. The number of carbonyl (C=O) groups excluding carboxylic acids is 1. The van der Waals surface area contributed by atoms with E-state index in [2.05, 4.69) is 10.3 Å². The Balaban J connectivity index is 1.52. The number of aromatic nitrogens is 1. The predicted molar refractivity (Wildman–Crippen MR) is 101 cm³/mol. The molecule has 1 heterocycles. The van der Waals surface area contributed by atoms with Crippen molar-refractivity contribution in [1.29, 1.82) is 0 Å². The second-order valence-corrected chi connectivity index (χ2v) is 6.26. The first-order valence-corrected chi connectivity index (χ1v) is 8.64. The van der Waals surface area contributed by atoms with E-state index in [0.717, 1.165) is 16.5 Å². The number of anilines is 1. The molecule has 4 aromatic rings. The van der Waals surface area contributed by atoms with Crippen LogP contribution in [0.3, 0.4) is 0 Å². The standard InChI is InChI=1S/C20H14N2O2S/c23-19(22-18-7-3-5-14-4-1-2-6-17(14)18)15-8-10-16(11-9-15)24-20-21-12-13-25-20/h1-13H,(H,22,23). The molecule has 1 N–H and O–H groups in total. The van der Waals surface area contributed by atoms with Crippen molar-refractivity contribution >= 4 is 33.7 Å². The molecule has 0 atom stereocenters. The van der Waals surface area contributed by atoms with Crippen LogP contribution in [0.5, 0.6) is 10.9 Å². The molecular weight excluding hydrogens is 332 g/mol. The molecule has 0 spiro atoms. The molecule has 4 rings (SSSR count). The Kier molecular flexibility index (Phi) is 4.14. The molecule has 5 heteroatoms. The number of fused-ring (bicyclic) bond motifs is 1. The van der Waals surface area contributed by atoms with Crippen molar-refractivity contribution in [3.05, 3.63) is 83.9 Å². The normalized spacial score (nSPS) is 10.6. The van der Waals surface area contributed by atoms with Gasteiger partial charge in [0.2, 0.25) is 0 Å². The molecule has 1 aromatic heterocycles. The molecule has 0 aliphatic carbocycles. The maximum absolute atomic E-state index is 12.5. The third-order valence-corrected chi connectivity index (χ3v) is 4.42. The van der Waals surface area contributed by atoms with E-state index < -0.39 is 0 Å². The van der Waals surface area contributed by atoms with Crippen LogP contribution in [0, 0.1) is 0 Å². The van der Waals surface area contributed by atoms with Gasteiger partial charge in [-0.25, -0.2) is 4.98 Å². The number of carbonyl (C=O) groups is 1. The molecule has 0 bridgehead atoms. The third-order valence-electron chi connectivity index (χ3n) is 3.77. The summed E-state index contributed by atoms with van der Waals surface area (Å²) in [7, 11) is 0. The summed E-state index contributed by atoms with van der Waals surface area (Å²) < 4.78 is 5.60. The van der Waals surface area contributed by atoms with Gasteiger partial charge in [0.05, 0.1) is 0 Å². The fourth-order valence-electron chi connectivity index (χ4n) is 2.56. The Bertz CT molecular complexity index is 1010. The summed E-state index contributed by atoms with van der Waals surface area (Å²) in [6.45, 7) is 0. The Labute approximate surface area is 148 Å².